The third kappa shape index (κ3) is 2.77. The monoisotopic (exact) mass is 249 g/mol. The van der Waals surface area contributed by atoms with Crippen LogP contribution in [0.2, 0.25) is 0 Å². The van der Waals surface area contributed by atoms with Crippen molar-refractivity contribution in [3.8, 4) is 0 Å². The summed E-state index contributed by atoms with van der Waals surface area (Å²) in [5.41, 5.74) is 2.64. The smallest absolute Gasteiger partial charge is 0.0625 e. The number of rotatable bonds is 6. The fourth-order valence-electron chi connectivity index (χ4n) is 3.19. The second-order valence-corrected chi connectivity index (χ2v) is 5.31. The van der Waals surface area contributed by atoms with Crippen LogP contribution in [0.4, 0.5) is 0 Å². The molecular weight excluding hydrogens is 222 g/mol. The van der Waals surface area contributed by atoms with Crippen LogP contribution in [0.3, 0.4) is 0 Å². The number of nitrogens with zero attached hydrogens (tertiary/aromatic N) is 2. The maximum atomic E-state index is 4.70. The lowest BCUT2D eigenvalue weighted by atomic mass is 9.95. The summed E-state index contributed by atoms with van der Waals surface area (Å²) < 4.78 is 2.20. The molecule has 102 valence electrons. The number of hydrogen-bond acceptors (Lipinski definition) is 2. The number of nitrogens with one attached hydrogen (secondary N) is 1. The van der Waals surface area contributed by atoms with Gasteiger partial charge in [0.2, 0.25) is 0 Å². The van der Waals surface area contributed by atoms with Gasteiger partial charge in [-0.3, -0.25) is 4.68 Å². The molecule has 1 N–H and O–H groups in total. The minimum Gasteiger partial charge on any atom is -0.309 e. The first-order valence-electron chi connectivity index (χ1n) is 7.60. The van der Waals surface area contributed by atoms with Crippen molar-refractivity contribution in [2.75, 3.05) is 6.54 Å². The molecule has 1 aromatic heterocycles. The van der Waals surface area contributed by atoms with Crippen molar-refractivity contribution in [1.29, 1.82) is 0 Å². The van der Waals surface area contributed by atoms with Crippen molar-refractivity contribution in [2.24, 2.45) is 5.92 Å². The van der Waals surface area contributed by atoms with Crippen LogP contribution >= 0.6 is 0 Å². The van der Waals surface area contributed by atoms with Crippen molar-refractivity contribution in [1.82, 2.24) is 15.1 Å². The Morgan fingerprint density at radius 2 is 2.06 bits per heavy atom. The van der Waals surface area contributed by atoms with Gasteiger partial charge in [-0.05, 0) is 44.7 Å². The second kappa shape index (κ2) is 6.37. The van der Waals surface area contributed by atoms with Gasteiger partial charge in [-0.15, -0.1) is 0 Å². The summed E-state index contributed by atoms with van der Waals surface area (Å²) in [4.78, 5) is 0. The van der Waals surface area contributed by atoms with E-state index in [0.717, 1.165) is 25.4 Å². The molecule has 1 fully saturated rings. The molecular formula is C15H27N3. The van der Waals surface area contributed by atoms with E-state index in [4.69, 9.17) is 5.10 Å². The summed E-state index contributed by atoms with van der Waals surface area (Å²) in [7, 11) is 0. The highest BCUT2D eigenvalue weighted by Gasteiger charge is 2.28. The molecule has 0 spiro atoms. The van der Waals surface area contributed by atoms with E-state index in [1.54, 1.807) is 0 Å². The fraction of sp³-hybridized carbons (Fsp3) is 0.800. The van der Waals surface area contributed by atoms with Gasteiger partial charge in [0.1, 0.15) is 0 Å². The minimum absolute atomic E-state index is 0.505. The average molecular weight is 249 g/mol. The van der Waals surface area contributed by atoms with Crippen LogP contribution in [0.5, 0.6) is 0 Å². The Balaban J connectivity index is 2.25. The molecule has 1 saturated carbocycles. The van der Waals surface area contributed by atoms with Gasteiger partial charge in [-0.1, -0.05) is 26.7 Å². The molecule has 3 nitrogen and oxygen atoms in total. The third-order valence-electron chi connectivity index (χ3n) is 4.14. The van der Waals surface area contributed by atoms with Crippen molar-refractivity contribution >= 4 is 0 Å². The lowest BCUT2D eigenvalue weighted by Gasteiger charge is -2.25. The lowest BCUT2D eigenvalue weighted by molar-refractivity contribution is 0.352. The molecule has 1 aliphatic rings. The van der Waals surface area contributed by atoms with Crippen molar-refractivity contribution in [3.63, 3.8) is 0 Å². The second-order valence-electron chi connectivity index (χ2n) is 5.31. The molecule has 0 radical (unpaired) electrons. The SMILES string of the molecule is CCNC(c1cc(CC)nn1CC)C1CCCC1. The zero-order valence-electron chi connectivity index (χ0n) is 12.1. The van der Waals surface area contributed by atoms with Gasteiger partial charge < -0.3 is 5.32 Å². The van der Waals surface area contributed by atoms with Gasteiger partial charge >= 0.3 is 0 Å². The van der Waals surface area contributed by atoms with Crippen molar-refractivity contribution in [3.05, 3.63) is 17.5 Å². The Labute approximate surface area is 111 Å². The molecule has 0 aliphatic heterocycles. The van der Waals surface area contributed by atoms with Crippen LogP contribution in [-0.4, -0.2) is 16.3 Å². The van der Waals surface area contributed by atoms with Gasteiger partial charge in [0, 0.05) is 6.54 Å². The van der Waals surface area contributed by atoms with Crippen LogP contribution in [0.1, 0.15) is 63.9 Å². The summed E-state index contributed by atoms with van der Waals surface area (Å²) in [5, 5.41) is 8.39. The van der Waals surface area contributed by atoms with Crippen LogP contribution in [0.15, 0.2) is 6.07 Å². The van der Waals surface area contributed by atoms with Gasteiger partial charge in [-0.25, -0.2) is 0 Å². The molecule has 0 aromatic carbocycles. The molecule has 1 aromatic rings. The Bertz CT molecular complexity index is 364. The number of aryl methyl sites for hydroxylation is 2. The van der Waals surface area contributed by atoms with Gasteiger partial charge in [-0.2, -0.15) is 5.10 Å². The first-order chi connectivity index (χ1) is 8.80. The first kappa shape index (κ1) is 13.6. The first-order valence-corrected chi connectivity index (χ1v) is 7.60. The largest absolute Gasteiger partial charge is 0.309 e. The van der Waals surface area contributed by atoms with Gasteiger partial charge in [0.05, 0.1) is 17.4 Å². The Kier molecular flexibility index (Phi) is 4.81. The van der Waals surface area contributed by atoms with E-state index in [-0.39, 0.29) is 0 Å². The highest BCUT2D eigenvalue weighted by Crippen LogP contribution is 2.35. The van der Waals surface area contributed by atoms with E-state index < -0.39 is 0 Å². The Morgan fingerprint density at radius 3 is 2.61 bits per heavy atom. The molecule has 18 heavy (non-hydrogen) atoms. The predicted molar refractivity (Wildman–Crippen MR) is 75.7 cm³/mol. The van der Waals surface area contributed by atoms with Crippen molar-refractivity contribution in [2.45, 2.75) is 65.5 Å². The molecule has 1 aliphatic carbocycles. The molecule has 0 bridgehead atoms. The standard InChI is InChI=1S/C15H27N3/c1-4-13-11-14(18(6-3)17-13)15(16-5-2)12-9-7-8-10-12/h11-12,15-16H,4-10H2,1-3H3. The van der Waals surface area contributed by atoms with Crippen LogP contribution in [0, 0.1) is 5.92 Å². The van der Waals surface area contributed by atoms with Crippen LogP contribution in [0.25, 0.3) is 0 Å². The van der Waals surface area contributed by atoms with Crippen molar-refractivity contribution < 1.29 is 0 Å². The highest BCUT2D eigenvalue weighted by molar-refractivity contribution is 5.16. The molecule has 2 rings (SSSR count). The zero-order valence-corrected chi connectivity index (χ0v) is 12.1. The number of aromatic nitrogens is 2. The van der Waals surface area contributed by atoms with E-state index in [0.29, 0.717) is 6.04 Å². The fourth-order valence-corrected chi connectivity index (χ4v) is 3.19. The van der Waals surface area contributed by atoms with E-state index in [1.165, 1.54) is 37.1 Å². The van der Waals surface area contributed by atoms with Gasteiger partial charge in [0.25, 0.3) is 0 Å². The summed E-state index contributed by atoms with van der Waals surface area (Å²) in [6, 6.07) is 2.82. The van der Waals surface area contributed by atoms with Gasteiger partial charge in [0.15, 0.2) is 0 Å². The van der Waals surface area contributed by atoms with Crippen LogP contribution in [-0.2, 0) is 13.0 Å². The lowest BCUT2D eigenvalue weighted by Crippen LogP contribution is -2.29. The summed E-state index contributed by atoms with van der Waals surface area (Å²) >= 11 is 0. The van der Waals surface area contributed by atoms with E-state index in [2.05, 4.69) is 36.8 Å². The highest BCUT2D eigenvalue weighted by atomic mass is 15.3. The maximum Gasteiger partial charge on any atom is 0.0625 e. The topological polar surface area (TPSA) is 29.9 Å². The normalized spacial score (nSPS) is 18.4. The summed E-state index contributed by atoms with van der Waals surface area (Å²) in [5.74, 6) is 0.802. The predicted octanol–water partition coefficient (Wildman–Crippen LogP) is 3.31. The zero-order chi connectivity index (χ0) is 13.0. The molecule has 1 heterocycles. The van der Waals surface area contributed by atoms with E-state index >= 15 is 0 Å². The summed E-state index contributed by atoms with van der Waals surface area (Å²) in [6.07, 6.45) is 6.56. The maximum absolute atomic E-state index is 4.70. The molecule has 1 unspecified atom stereocenters. The van der Waals surface area contributed by atoms with E-state index in [1.807, 2.05) is 0 Å². The molecule has 3 heteroatoms. The average Bonchev–Trinajstić information content (AvgIpc) is 3.04. The molecule has 1 atom stereocenters. The molecule has 0 amide bonds. The Hall–Kier alpha value is -0.830. The minimum atomic E-state index is 0.505. The number of hydrogen-bond donors (Lipinski definition) is 1. The van der Waals surface area contributed by atoms with Crippen LogP contribution < -0.4 is 5.32 Å². The van der Waals surface area contributed by atoms with E-state index in [9.17, 15) is 0 Å². The third-order valence-corrected chi connectivity index (χ3v) is 4.14. The summed E-state index contributed by atoms with van der Waals surface area (Å²) in [6.45, 7) is 8.59. The Morgan fingerprint density at radius 1 is 1.33 bits per heavy atom. The molecule has 0 saturated heterocycles. The quantitative estimate of drug-likeness (QED) is 0.838.